The zero-order chi connectivity index (χ0) is 23.2. The fourth-order valence-corrected chi connectivity index (χ4v) is 3.90. The van der Waals surface area contributed by atoms with E-state index in [1.54, 1.807) is 18.2 Å². The summed E-state index contributed by atoms with van der Waals surface area (Å²) in [5, 5.41) is 2.86. The molecule has 174 valence electrons. The average Bonchev–Trinajstić information content (AvgIpc) is 3.33. The standard InChI is InChI=1S/C24H26FN3O5/c25-18-4-3-5-19(13-18)32-15-21(29)17-6-7-22-20(12-17)28(24(31)16-33-22)14-23(30)26-8-11-27-9-1-2-10-27/h3-7,12-13H,1-2,8-11,14-16H2,(H,26,30). The number of anilines is 1. The molecule has 2 aromatic carbocycles. The summed E-state index contributed by atoms with van der Waals surface area (Å²) in [5.41, 5.74) is 0.653. The number of hydrogen-bond acceptors (Lipinski definition) is 6. The van der Waals surface area contributed by atoms with E-state index in [4.69, 9.17) is 9.47 Å². The van der Waals surface area contributed by atoms with Crippen LogP contribution in [0.25, 0.3) is 0 Å². The van der Waals surface area contributed by atoms with Crippen LogP contribution in [0.5, 0.6) is 11.5 Å². The van der Waals surface area contributed by atoms with Crippen LogP contribution >= 0.6 is 0 Å². The molecule has 2 aliphatic heterocycles. The molecule has 4 rings (SSSR count). The summed E-state index contributed by atoms with van der Waals surface area (Å²) in [6.07, 6.45) is 2.36. The van der Waals surface area contributed by atoms with Gasteiger partial charge in [0.1, 0.15) is 23.9 Å². The van der Waals surface area contributed by atoms with Gasteiger partial charge in [-0.1, -0.05) is 6.07 Å². The second-order valence-corrected chi connectivity index (χ2v) is 8.02. The number of ether oxygens (including phenoxy) is 2. The van der Waals surface area contributed by atoms with Crippen molar-refractivity contribution in [1.29, 1.82) is 0 Å². The van der Waals surface area contributed by atoms with Gasteiger partial charge in [0.25, 0.3) is 5.91 Å². The lowest BCUT2D eigenvalue weighted by molar-refractivity contribution is -0.125. The third kappa shape index (κ3) is 5.87. The minimum absolute atomic E-state index is 0.160. The molecular weight excluding hydrogens is 429 g/mol. The van der Waals surface area contributed by atoms with Crippen LogP contribution < -0.4 is 19.7 Å². The number of rotatable bonds is 9. The highest BCUT2D eigenvalue weighted by atomic mass is 19.1. The molecule has 2 aromatic rings. The van der Waals surface area contributed by atoms with Crippen molar-refractivity contribution < 1.29 is 28.2 Å². The van der Waals surface area contributed by atoms with Crippen molar-refractivity contribution in [3.63, 3.8) is 0 Å². The van der Waals surface area contributed by atoms with Gasteiger partial charge in [0, 0.05) is 24.7 Å². The molecule has 2 amide bonds. The summed E-state index contributed by atoms with van der Waals surface area (Å²) in [6.45, 7) is 2.75. The Morgan fingerprint density at radius 1 is 1.12 bits per heavy atom. The highest BCUT2D eigenvalue weighted by molar-refractivity contribution is 6.04. The van der Waals surface area contributed by atoms with E-state index in [0.717, 1.165) is 19.6 Å². The fraction of sp³-hybridized carbons (Fsp3) is 0.375. The average molecular weight is 455 g/mol. The van der Waals surface area contributed by atoms with Gasteiger partial charge in [0.2, 0.25) is 5.91 Å². The van der Waals surface area contributed by atoms with Crippen LogP contribution in [-0.4, -0.2) is 68.4 Å². The second-order valence-electron chi connectivity index (χ2n) is 8.02. The Balaban J connectivity index is 1.39. The predicted octanol–water partition coefficient (Wildman–Crippen LogP) is 2.02. The number of nitrogens with zero attached hydrogens (tertiary/aromatic N) is 2. The van der Waals surface area contributed by atoms with E-state index in [1.807, 2.05) is 0 Å². The van der Waals surface area contributed by atoms with Gasteiger partial charge in [0.15, 0.2) is 19.0 Å². The van der Waals surface area contributed by atoms with Gasteiger partial charge in [-0.15, -0.1) is 0 Å². The molecule has 9 heteroatoms. The molecule has 0 bridgehead atoms. The molecule has 0 aliphatic carbocycles. The number of amides is 2. The lowest BCUT2D eigenvalue weighted by Gasteiger charge is -2.29. The number of fused-ring (bicyclic) bond motifs is 1. The largest absolute Gasteiger partial charge is 0.485 e. The number of carbonyl (C=O) groups excluding carboxylic acids is 3. The van der Waals surface area contributed by atoms with Crippen molar-refractivity contribution in [1.82, 2.24) is 10.2 Å². The third-order valence-electron chi connectivity index (χ3n) is 5.64. The van der Waals surface area contributed by atoms with Crippen LogP contribution in [0.4, 0.5) is 10.1 Å². The van der Waals surface area contributed by atoms with Crippen LogP contribution in [0.3, 0.4) is 0 Å². The van der Waals surface area contributed by atoms with Crippen molar-refractivity contribution in [2.75, 3.05) is 50.8 Å². The summed E-state index contributed by atoms with van der Waals surface area (Å²) in [5.74, 6) is -0.790. The van der Waals surface area contributed by atoms with Gasteiger partial charge in [-0.3, -0.25) is 19.3 Å². The van der Waals surface area contributed by atoms with Crippen molar-refractivity contribution in [3.05, 3.63) is 53.8 Å². The van der Waals surface area contributed by atoms with E-state index >= 15 is 0 Å². The Morgan fingerprint density at radius 2 is 1.94 bits per heavy atom. The molecule has 1 fully saturated rings. The maximum Gasteiger partial charge on any atom is 0.265 e. The van der Waals surface area contributed by atoms with Crippen LogP contribution in [0, 0.1) is 5.82 Å². The Hall–Kier alpha value is -3.46. The molecule has 8 nitrogen and oxygen atoms in total. The van der Waals surface area contributed by atoms with Crippen LogP contribution in [-0.2, 0) is 9.59 Å². The van der Waals surface area contributed by atoms with E-state index in [-0.39, 0.29) is 43.1 Å². The Morgan fingerprint density at radius 3 is 2.73 bits per heavy atom. The van der Waals surface area contributed by atoms with Gasteiger partial charge in [-0.05, 0) is 56.3 Å². The van der Waals surface area contributed by atoms with Gasteiger partial charge in [-0.2, -0.15) is 0 Å². The number of ketones is 1. The first-order chi connectivity index (χ1) is 16.0. The maximum absolute atomic E-state index is 13.3. The molecule has 0 radical (unpaired) electrons. The highest BCUT2D eigenvalue weighted by Gasteiger charge is 2.28. The van der Waals surface area contributed by atoms with Crippen LogP contribution in [0.2, 0.25) is 0 Å². The summed E-state index contributed by atoms with van der Waals surface area (Å²) < 4.78 is 24.1. The zero-order valence-corrected chi connectivity index (χ0v) is 18.2. The summed E-state index contributed by atoms with van der Waals surface area (Å²) in [6, 6.07) is 10.2. The van der Waals surface area contributed by atoms with Crippen molar-refractivity contribution in [2.45, 2.75) is 12.8 Å². The number of Topliss-reactive ketones (excluding diaryl/α,β-unsaturated/α-hetero) is 1. The predicted molar refractivity (Wildman–Crippen MR) is 119 cm³/mol. The lowest BCUT2D eigenvalue weighted by atomic mass is 10.1. The van der Waals surface area contributed by atoms with Gasteiger partial charge < -0.3 is 19.7 Å². The third-order valence-corrected chi connectivity index (χ3v) is 5.64. The molecule has 1 saturated heterocycles. The number of carbonyl (C=O) groups is 3. The van der Waals surface area contributed by atoms with E-state index in [0.29, 0.717) is 23.5 Å². The molecule has 33 heavy (non-hydrogen) atoms. The molecule has 0 aromatic heterocycles. The maximum atomic E-state index is 13.3. The topological polar surface area (TPSA) is 88.2 Å². The Kier molecular flexibility index (Phi) is 7.19. The molecule has 0 unspecified atom stereocenters. The van der Waals surface area contributed by atoms with Gasteiger partial charge in [-0.25, -0.2) is 4.39 Å². The van der Waals surface area contributed by atoms with E-state index in [9.17, 15) is 18.8 Å². The first-order valence-electron chi connectivity index (χ1n) is 11.0. The minimum atomic E-state index is -0.460. The highest BCUT2D eigenvalue weighted by Crippen LogP contribution is 2.33. The van der Waals surface area contributed by atoms with E-state index in [1.165, 1.54) is 42.0 Å². The number of likely N-dealkylation sites (tertiary alicyclic amines) is 1. The smallest absolute Gasteiger partial charge is 0.265 e. The summed E-state index contributed by atoms with van der Waals surface area (Å²) in [7, 11) is 0. The van der Waals surface area contributed by atoms with Crippen molar-refractivity contribution in [3.8, 4) is 11.5 Å². The Labute approximate surface area is 191 Å². The minimum Gasteiger partial charge on any atom is -0.485 e. The number of halogens is 1. The molecule has 0 atom stereocenters. The van der Waals surface area contributed by atoms with Gasteiger partial charge in [0.05, 0.1) is 5.69 Å². The normalized spacial score (nSPS) is 15.7. The lowest BCUT2D eigenvalue weighted by Crippen LogP contribution is -2.46. The fourth-order valence-electron chi connectivity index (χ4n) is 3.90. The monoisotopic (exact) mass is 455 g/mol. The molecule has 2 aliphatic rings. The number of nitrogens with one attached hydrogen (secondary N) is 1. The van der Waals surface area contributed by atoms with Crippen LogP contribution in [0.1, 0.15) is 23.2 Å². The first-order valence-corrected chi connectivity index (χ1v) is 11.0. The SMILES string of the molecule is O=C(CN1C(=O)COc2ccc(C(=O)COc3cccc(F)c3)cc21)NCCN1CCCC1. The van der Waals surface area contributed by atoms with Gasteiger partial charge >= 0.3 is 0 Å². The molecule has 0 spiro atoms. The molecular formula is C24H26FN3O5. The quantitative estimate of drug-likeness (QED) is 0.582. The number of hydrogen-bond donors (Lipinski definition) is 1. The molecule has 0 saturated carbocycles. The zero-order valence-electron chi connectivity index (χ0n) is 18.2. The first kappa shape index (κ1) is 22.7. The summed E-state index contributed by atoms with van der Waals surface area (Å²) >= 11 is 0. The molecule has 1 N–H and O–H groups in total. The number of benzene rings is 2. The van der Waals surface area contributed by atoms with E-state index < -0.39 is 5.82 Å². The van der Waals surface area contributed by atoms with Crippen molar-refractivity contribution in [2.24, 2.45) is 0 Å². The van der Waals surface area contributed by atoms with E-state index in [2.05, 4.69) is 10.2 Å². The molecule has 2 heterocycles. The van der Waals surface area contributed by atoms with Crippen LogP contribution in [0.15, 0.2) is 42.5 Å². The second kappa shape index (κ2) is 10.4. The summed E-state index contributed by atoms with van der Waals surface area (Å²) in [4.78, 5) is 41.2. The van der Waals surface area contributed by atoms with Crippen molar-refractivity contribution >= 4 is 23.3 Å². The Bertz CT molecular complexity index is 1040.